The van der Waals surface area contributed by atoms with Gasteiger partial charge < -0.3 is 15.4 Å². The number of aromatic nitrogens is 1. The molecule has 10 heteroatoms. The molecule has 1 unspecified atom stereocenters. The highest BCUT2D eigenvalue weighted by Crippen LogP contribution is 2.28. The van der Waals surface area contributed by atoms with Crippen LogP contribution in [0.2, 0.25) is 0 Å². The predicted molar refractivity (Wildman–Crippen MR) is 127 cm³/mol. The van der Waals surface area contributed by atoms with Crippen LogP contribution in [0.5, 0.6) is 0 Å². The van der Waals surface area contributed by atoms with Gasteiger partial charge in [0.2, 0.25) is 0 Å². The summed E-state index contributed by atoms with van der Waals surface area (Å²) in [4.78, 5) is 30.1. The Kier molecular flexibility index (Phi) is 6.68. The predicted octanol–water partition coefficient (Wildman–Crippen LogP) is 4.94. The van der Waals surface area contributed by atoms with Crippen molar-refractivity contribution in [1.82, 2.24) is 10.3 Å². The number of anilines is 1. The molecule has 1 saturated heterocycles. The van der Waals surface area contributed by atoms with Crippen molar-refractivity contribution in [2.24, 2.45) is 0 Å². The van der Waals surface area contributed by atoms with E-state index in [1.165, 1.54) is 18.2 Å². The molecule has 1 fully saturated rings. The average Bonchev–Trinajstić information content (AvgIpc) is 2.92. The largest absolute Gasteiger partial charge is 0.378 e. The van der Waals surface area contributed by atoms with E-state index >= 15 is 4.39 Å². The van der Waals surface area contributed by atoms with Crippen LogP contribution in [-0.2, 0) is 4.74 Å². The van der Waals surface area contributed by atoms with E-state index in [0.717, 1.165) is 30.0 Å². The van der Waals surface area contributed by atoms with Crippen LogP contribution in [0.15, 0.2) is 60.7 Å². The van der Waals surface area contributed by atoms with Gasteiger partial charge in [0.1, 0.15) is 5.82 Å². The van der Waals surface area contributed by atoms with Gasteiger partial charge in [0.05, 0.1) is 41.7 Å². The third kappa shape index (κ3) is 4.93. The second-order valence-corrected chi connectivity index (χ2v) is 8.42. The zero-order valence-electron chi connectivity index (χ0n) is 19.2. The minimum atomic E-state index is -1.68. The first-order valence-corrected chi connectivity index (χ1v) is 11.3. The van der Waals surface area contributed by atoms with Gasteiger partial charge in [-0.25, -0.2) is 17.6 Å². The van der Waals surface area contributed by atoms with Crippen molar-refractivity contribution in [1.29, 1.82) is 0 Å². The van der Waals surface area contributed by atoms with Crippen molar-refractivity contribution >= 4 is 28.3 Å². The molecule has 188 valence electrons. The number of nitrogens with zero attached hydrogens (tertiary/aromatic N) is 1. The molecule has 5 rings (SSSR count). The lowest BCUT2D eigenvalue weighted by Gasteiger charge is -2.23. The Labute approximate surface area is 208 Å². The Bertz CT molecular complexity index is 1520. The smallest absolute Gasteiger partial charge is 0.255 e. The fourth-order valence-corrected chi connectivity index (χ4v) is 4.07. The van der Waals surface area contributed by atoms with Gasteiger partial charge in [0.15, 0.2) is 23.2 Å². The number of halogens is 4. The topological polar surface area (TPSA) is 80.3 Å². The Morgan fingerprint density at radius 2 is 1.68 bits per heavy atom. The fourth-order valence-electron chi connectivity index (χ4n) is 4.07. The monoisotopic (exact) mass is 509 g/mol. The summed E-state index contributed by atoms with van der Waals surface area (Å²) in [6, 6.07) is 12.4. The van der Waals surface area contributed by atoms with E-state index in [-0.39, 0.29) is 17.2 Å². The molecule has 0 bridgehead atoms. The van der Waals surface area contributed by atoms with E-state index in [1.807, 2.05) is 0 Å². The van der Waals surface area contributed by atoms with E-state index in [1.54, 1.807) is 12.1 Å². The summed E-state index contributed by atoms with van der Waals surface area (Å²) in [5, 5.41) is 5.94. The highest BCUT2D eigenvalue weighted by Gasteiger charge is 2.27. The Hall–Kier alpha value is -4.15. The van der Waals surface area contributed by atoms with Crippen LogP contribution < -0.4 is 10.6 Å². The third-order valence-corrected chi connectivity index (χ3v) is 5.99. The molecule has 6 nitrogen and oxygen atoms in total. The van der Waals surface area contributed by atoms with Gasteiger partial charge in [0, 0.05) is 29.1 Å². The molecule has 1 aliphatic heterocycles. The maximum Gasteiger partial charge on any atom is 0.255 e. The molecule has 37 heavy (non-hydrogen) atoms. The summed E-state index contributed by atoms with van der Waals surface area (Å²) in [5.41, 5.74) is -0.730. The molecule has 3 aromatic carbocycles. The van der Waals surface area contributed by atoms with Crippen LogP contribution in [-0.4, -0.2) is 36.4 Å². The molecule has 4 aromatic rings. The number of ether oxygens (including phenoxy) is 1. The zero-order chi connectivity index (χ0) is 26.1. The van der Waals surface area contributed by atoms with Crippen molar-refractivity contribution in [3.63, 3.8) is 0 Å². The second kappa shape index (κ2) is 10.1. The number of benzene rings is 3. The number of fused-ring (bicyclic) bond motifs is 1. The molecule has 2 heterocycles. The lowest BCUT2D eigenvalue weighted by Crippen LogP contribution is -2.35. The molecule has 1 aromatic heterocycles. The van der Waals surface area contributed by atoms with Crippen LogP contribution in [0, 0.1) is 23.3 Å². The maximum atomic E-state index is 15.2. The number of carbonyl (C=O) groups is 2. The quantitative estimate of drug-likeness (QED) is 0.227. The number of amides is 1. The number of hydrogen-bond donors (Lipinski definition) is 2. The van der Waals surface area contributed by atoms with E-state index in [0.29, 0.717) is 36.7 Å². The molecule has 1 atom stereocenters. The van der Waals surface area contributed by atoms with E-state index in [9.17, 15) is 22.8 Å². The summed E-state index contributed by atoms with van der Waals surface area (Å²) in [6.07, 6.45) is 0. The summed E-state index contributed by atoms with van der Waals surface area (Å²) in [6.45, 7) is 1.77. The molecular formula is C27H19F4N3O3. The van der Waals surface area contributed by atoms with Gasteiger partial charge in [-0.15, -0.1) is 0 Å². The summed E-state index contributed by atoms with van der Waals surface area (Å²) < 4.78 is 62.8. The summed E-state index contributed by atoms with van der Waals surface area (Å²) in [7, 11) is 0. The highest BCUT2D eigenvalue weighted by atomic mass is 19.2. The average molecular weight is 509 g/mol. The minimum Gasteiger partial charge on any atom is -0.378 e. The minimum absolute atomic E-state index is 0.0465. The van der Waals surface area contributed by atoms with Gasteiger partial charge in [0.25, 0.3) is 5.91 Å². The SMILES string of the molecule is O=C(Nc1cc(F)c(F)c(C(=O)c2ccc3nc(C4COCCN4)ccc3c2)c1F)c1ccc(F)cc1. The molecule has 1 aliphatic rings. The Morgan fingerprint density at radius 1 is 0.919 bits per heavy atom. The summed E-state index contributed by atoms with van der Waals surface area (Å²) >= 11 is 0. The maximum absolute atomic E-state index is 15.2. The molecule has 2 N–H and O–H groups in total. The van der Waals surface area contributed by atoms with Crippen LogP contribution in [0.1, 0.15) is 38.0 Å². The number of ketones is 1. The van der Waals surface area contributed by atoms with E-state index < -0.39 is 46.2 Å². The lowest BCUT2D eigenvalue weighted by molar-refractivity contribution is 0.0757. The van der Waals surface area contributed by atoms with Gasteiger partial charge in [-0.05, 0) is 48.5 Å². The van der Waals surface area contributed by atoms with Crippen molar-refractivity contribution in [2.75, 3.05) is 25.1 Å². The Morgan fingerprint density at radius 3 is 2.41 bits per heavy atom. The number of hydrogen-bond acceptors (Lipinski definition) is 5. The third-order valence-electron chi connectivity index (χ3n) is 5.99. The van der Waals surface area contributed by atoms with Crippen LogP contribution in [0.3, 0.4) is 0 Å². The van der Waals surface area contributed by atoms with Crippen molar-refractivity contribution in [2.45, 2.75) is 6.04 Å². The van der Waals surface area contributed by atoms with Crippen molar-refractivity contribution < 1.29 is 31.9 Å². The van der Waals surface area contributed by atoms with Gasteiger partial charge in [-0.2, -0.15) is 0 Å². The lowest BCUT2D eigenvalue weighted by atomic mass is 9.99. The van der Waals surface area contributed by atoms with Crippen molar-refractivity contribution in [3.8, 4) is 0 Å². The fraction of sp³-hybridized carbons (Fsp3) is 0.148. The first kappa shape index (κ1) is 24.5. The second-order valence-electron chi connectivity index (χ2n) is 8.42. The zero-order valence-corrected chi connectivity index (χ0v) is 19.2. The van der Waals surface area contributed by atoms with Gasteiger partial charge in [-0.3, -0.25) is 14.6 Å². The highest BCUT2D eigenvalue weighted by molar-refractivity contribution is 6.12. The molecule has 0 radical (unpaired) electrons. The first-order chi connectivity index (χ1) is 17.8. The Balaban J connectivity index is 1.45. The molecule has 0 aliphatic carbocycles. The molecule has 0 saturated carbocycles. The molecule has 1 amide bonds. The number of morpholine rings is 1. The van der Waals surface area contributed by atoms with Gasteiger partial charge in [-0.1, -0.05) is 6.07 Å². The number of rotatable bonds is 5. The first-order valence-electron chi connectivity index (χ1n) is 11.3. The normalized spacial score (nSPS) is 15.5. The van der Waals surface area contributed by atoms with Crippen molar-refractivity contribution in [3.05, 3.63) is 106 Å². The number of carbonyl (C=O) groups excluding carboxylic acids is 2. The number of pyridine rings is 1. The number of nitrogens with one attached hydrogen (secondary N) is 2. The van der Waals surface area contributed by atoms with E-state index in [4.69, 9.17) is 4.74 Å². The van der Waals surface area contributed by atoms with Crippen LogP contribution >= 0.6 is 0 Å². The van der Waals surface area contributed by atoms with E-state index in [2.05, 4.69) is 15.6 Å². The van der Waals surface area contributed by atoms with Crippen LogP contribution in [0.25, 0.3) is 10.9 Å². The van der Waals surface area contributed by atoms with Gasteiger partial charge >= 0.3 is 0 Å². The molecule has 0 spiro atoms. The molecular weight excluding hydrogens is 490 g/mol. The standard InChI is InChI=1S/C27H19F4N3O3/c28-17-5-1-14(2-6-17)27(36)34-21-12-18(29)24(30)23(25(21)31)26(35)16-4-7-19-15(11-16)3-8-20(33-19)22-13-37-10-9-32-22/h1-8,11-12,22,32H,9-10,13H2,(H,34,36). The summed E-state index contributed by atoms with van der Waals surface area (Å²) in [5.74, 6) is -7.23. The van der Waals surface area contributed by atoms with Crippen LogP contribution in [0.4, 0.5) is 23.2 Å².